The quantitative estimate of drug-likeness (QED) is 0.0261. The van der Waals surface area contributed by atoms with E-state index in [1.807, 2.05) is 0 Å². The number of rotatable bonds is 63. The first-order chi connectivity index (χ1) is 38.5. The summed E-state index contributed by atoms with van der Waals surface area (Å²) in [6.07, 6.45) is 85.5. The highest BCUT2D eigenvalue weighted by Gasteiger charge is 2.19. The van der Waals surface area contributed by atoms with Gasteiger partial charge in [0.1, 0.15) is 13.2 Å². The zero-order valence-corrected chi connectivity index (χ0v) is 52.2. The molecule has 1 unspecified atom stereocenters. The van der Waals surface area contributed by atoms with Crippen LogP contribution in [0.5, 0.6) is 0 Å². The van der Waals surface area contributed by atoms with E-state index >= 15 is 0 Å². The molecule has 6 nitrogen and oxygen atoms in total. The van der Waals surface area contributed by atoms with Crippen molar-refractivity contribution >= 4 is 17.9 Å². The van der Waals surface area contributed by atoms with Gasteiger partial charge >= 0.3 is 17.9 Å². The van der Waals surface area contributed by atoms with Crippen molar-refractivity contribution in [2.24, 2.45) is 0 Å². The predicted octanol–water partition coefficient (Wildman–Crippen LogP) is 23.5. The lowest BCUT2D eigenvalue weighted by Crippen LogP contribution is -2.30. The second kappa shape index (κ2) is 66.6. The lowest BCUT2D eigenvalue weighted by atomic mass is 10.0. The Kier molecular flexibility index (Phi) is 64.2. The molecule has 0 aliphatic rings. The molecule has 0 rings (SSSR count). The number of hydrogen-bond acceptors (Lipinski definition) is 6. The van der Waals surface area contributed by atoms with E-state index in [9.17, 15) is 14.4 Å². The van der Waals surface area contributed by atoms with Crippen molar-refractivity contribution in [1.29, 1.82) is 0 Å². The molecular formula is C72H130O6. The van der Waals surface area contributed by atoms with E-state index < -0.39 is 6.10 Å². The number of carbonyl (C=O) groups excluding carboxylic acids is 3. The lowest BCUT2D eigenvalue weighted by molar-refractivity contribution is -0.167. The van der Waals surface area contributed by atoms with Crippen LogP contribution in [0, 0.1) is 0 Å². The Labute approximate surface area is 485 Å². The monoisotopic (exact) mass is 1090 g/mol. The lowest BCUT2D eigenvalue weighted by Gasteiger charge is -2.18. The summed E-state index contributed by atoms with van der Waals surface area (Å²) in [4.78, 5) is 38.2. The summed E-state index contributed by atoms with van der Waals surface area (Å²) < 4.78 is 16.9. The number of esters is 3. The fourth-order valence-corrected chi connectivity index (χ4v) is 10.2. The second-order valence-corrected chi connectivity index (χ2v) is 23.1. The number of carbonyl (C=O) groups is 3. The first-order valence-electron chi connectivity index (χ1n) is 34.3. The van der Waals surface area contributed by atoms with Crippen molar-refractivity contribution in [2.45, 2.75) is 367 Å². The Morgan fingerprint density at radius 2 is 0.500 bits per heavy atom. The normalized spacial score (nSPS) is 12.4. The van der Waals surface area contributed by atoms with E-state index in [1.165, 1.54) is 231 Å². The van der Waals surface area contributed by atoms with E-state index in [0.29, 0.717) is 19.3 Å². The molecule has 0 bridgehead atoms. The average Bonchev–Trinajstić information content (AvgIpc) is 3.44. The van der Waals surface area contributed by atoms with Crippen LogP contribution in [0.1, 0.15) is 361 Å². The van der Waals surface area contributed by atoms with Gasteiger partial charge in [0, 0.05) is 19.3 Å². The summed E-state index contributed by atoms with van der Waals surface area (Å²) >= 11 is 0. The van der Waals surface area contributed by atoms with Crippen LogP contribution in [0.2, 0.25) is 0 Å². The van der Waals surface area contributed by atoms with E-state index in [4.69, 9.17) is 14.2 Å². The van der Waals surface area contributed by atoms with E-state index in [-0.39, 0.29) is 31.1 Å². The minimum atomic E-state index is -0.767. The van der Waals surface area contributed by atoms with Gasteiger partial charge in [-0.1, -0.05) is 338 Å². The van der Waals surface area contributed by atoms with Crippen LogP contribution in [0.3, 0.4) is 0 Å². The molecule has 0 saturated heterocycles. The molecule has 0 aromatic heterocycles. The first kappa shape index (κ1) is 75.1. The molecule has 454 valence electrons. The second-order valence-electron chi connectivity index (χ2n) is 23.1. The zero-order valence-electron chi connectivity index (χ0n) is 52.2. The van der Waals surface area contributed by atoms with Crippen molar-refractivity contribution in [2.75, 3.05) is 13.2 Å². The van der Waals surface area contributed by atoms with E-state index in [2.05, 4.69) is 81.5 Å². The van der Waals surface area contributed by atoms with Crippen LogP contribution in [0.4, 0.5) is 0 Å². The number of hydrogen-bond donors (Lipinski definition) is 0. The smallest absolute Gasteiger partial charge is 0.306 e. The Hall–Kier alpha value is -2.89. The number of allylic oxidation sites excluding steroid dienone is 10. The van der Waals surface area contributed by atoms with Gasteiger partial charge in [0.25, 0.3) is 0 Å². The van der Waals surface area contributed by atoms with Gasteiger partial charge in [0.2, 0.25) is 0 Å². The van der Waals surface area contributed by atoms with Crippen LogP contribution in [-0.4, -0.2) is 37.2 Å². The van der Waals surface area contributed by atoms with Crippen molar-refractivity contribution in [3.8, 4) is 0 Å². The summed E-state index contributed by atoms with van der Waals surface area (Å²) in [5, 5.41) is 0. The molecule has 6 heteroatoms. The molecule has 0 saturated carbocycles. The average molecular weight is 1090 g/mol. The fourth-order valence-electron chi connectivity index (χ4n) is 10.2. The number of unbranched alkanes of at least 4 members (excludes halogenated alkanes) is 42. The van der Waals surface area contributed by atoms with Gasteiger partial charge in [-0.25, -0.2) is 0 Å². The Morgan fingerprint density at radius 1 is 0.269 bits per heavy atom. The molecule has 0 aromatic rings. The highest BCUT2D eigenvalue weighted by molar-refractivity contribution is 5.71. The number of ether oxygens (including phenoxy) is 3. The van der Waals surface area contributed by atoms with Crippen LogP contribution >= 0.6 is 0 Å². The first-order valence-corrected chi connectivity index (χ1v) is 34.3. The molecule has 0 aromatic carbocycles. The molecule has 0 heterocycles. The van der Waals surface area contributed by atoms with Crippen molar-refractivity contribution in [3.63, 3.8) is 0 Å². The van der Waals surface area contributed by atoms with Gasteiger partial charge in [-0.15, -0.1) is 0 Å². The van der Waals surface area contributed by atoms with Gasteiger partial charge in [0.05, 0.1) is 0 Å². The van der Waals surface area contributed by atoms with Crippen LogP contribution in [0.15, 0.2) is 60.8 Å². The minimum Gasteiger partial charge on any atom is -0.462 e. The van der Waals surface area contributed by atoms with E-state index in [1.54, 1.807) is 0 Å². The molecule has 0 fully saturated rings. The van der Waals surface area contributed by atoms with Crippen LogP contribution in [-0.2, 0) is 28.6 Å². The third kappa shape index (κ3) is 63.9. The Morgan fingerprint density at radius 3 is 0.782 bits per heavy atom. The summed E-state index contributed by atoms with van der Waals surface area (Å²) in [7, 11) is 0. The third-order valence-electron chi connectivity index (χ3n) is 15.3. The molecule has 0 amide bonds. The molecule has 78 heavy (non-hydrogen) atoms. The Bertz CT molecular complexity index is 1390. The van der Waals surface area contributed by atoms with Crippen LogP contribution in [0.25, 0.3) is 0 Å². The van der Waals surface area contributed by atoms with Gasteiger partial charge in [-0.3, -0.25) is 14.4 Å². The van der Waals surface area contributed by atoms with Crippen molar-refractivity contribution < 1.29 is 28.6 Å². The SMILES string of the molecule is CC/C=C\C/C=C\C/C=C\C/C=C\C/C=C\CCCCCCCCCCCCCCCCCCCC(=O)OCC(COC(=O)CCCCCCCCCC)OC(=O)CCCCCCCCCCCCCCCCCCCCC. The molecule has 0 radical (unpaired) electrons. The highest BCUT2D eigenvalue weighted by atomic mass is 16.6. The molecular weight excluding hydrogens is 961 g/mol. The van der Waals surface area contributed by atoms with Crippen molar-refractivity contribution in [1.82, 2.24) is 0 Å². The van der Waals surface area contributed by atoms with E-state index in [0.717, 1.165) is 89.9 Å². The van der Waals surface area contributed by atoms with Gasteiger partial charge in [-0.05, 0) is 64.2 Å². The van der Waals surface area contributed by atoms with Gasteiger partial charge < -0.3 is 14.2 Å². The fraction of sp³-hybridized carbons (Fsp3) is 0.819. The zero-order chi connectivity index (χ0) is 56.4. The summed E-state index contributed by atoms with van der Waals surface area (Å²) in [5.41, 5.74) is 0. The minimum absolute atomic E-state index is 0.0671. The van der Waals surface area contributed by atoms with Crippen molar-refractivity contribution in [3.05, 3.63) is 60.8 Å². The molecule has 0 aliphatic heterocycles. The molecule has 0 N–H and O–H groups in total. The maximum absolute atomic E-state index is 12.9. The Balaban J connectivity index is 4.03. The predicted molar refractivity (Wildman–Crippen MR) is 339 cm³/mol. The molecule has 0 spiro atoms. The van der Waals surface area contributed by atoms with Gasteiger partial charge in [0.15, 0.2) is 6.10 Å². The summed E-state index contributed by atoms with van der Waals surface area (Å²) in [6.45, 7) is 6.55. The summed E-state index contributed by atoms with van der Waals surface area (Å²) in [5.74, 6) is -0.847. The van der Waals surface area contributed by atoms with Gasteiger partial charge in [-0.2, -0.15) is 0 Å². The third-order valence-corrected chi connectivity index (χ3v) is 15.3. The molecule has 1 atom stereocenters. The highest BCUT2D eigenvalue weighted by Crippen LogP contribution is 2.18. The topological polar surface area (TPSA) is 78.9 Å². The largest absolute Gasteiger partial charge is 0.462 e. The summed E-state index contributed by atoms with van der Waals surface area (Å²) in [6, 6.07) is 0. The maximum atomic E-state index is 12.9. The van der Waals surface area contributed by atoms with Crippen LogP contribution < -0.4 is 0 Å². The molecule has 0 aliphatic carbocycles. The maximum Gasteiger partial charge on any atom is 0.306 e. The standard InChI is InChI=1S/C72H130O6/c1-4-7-10-13-16-19-21-23-25-27-29-30-31-32-33-34-35-36-37-38-39-40-41-42-44-45-47-49-51-53-56-59-62-65-71(74)77-68-69(67-76-70(73)64-61-58-55-18-15-12-9-6-3)78-72(75)66-63-60-57-54-52-50-48-46-43-28-26-24-22-20-17-14-11-8-5-2/h7,10,16,19,23,25,29-30,32-33,69H,4-6,8-9,11-15,17-18,20-22,24,26-28,31,34-68H2,1-3H3/b10-7-,19-16-,25-23-,30-29-,33-32-.